The van der Waals surface area contributed by atoms with Crippen LogP contribution in [0.1, 0.15) is 29.6 Å². The molecule has 0 bridgehead atoms. The second-order valence-corrected chi connectivity index (χ2v) is 5.25. The average molecular weight is 286 g/mol. The zero-order valence-corrected chi connectivity index (χ0v) is 11.7. The largest absolute Gasteiger partial charge is 0.393 e. The van der Waals surface area contributed by atoms with Gasteiger partial charge in [-0.05, 0) is 31.4 Å². The fourth-order valence-electron chi connectivity index (χ4n) is 2.52. The molecule has 2 aromatic rings. The summed E-state index contributed by atoms with van der Waals surface area (Å²) in [5.74, 6) is 0.712. The molecule has 0 radical (unpaired) electrons. The molecule has 3 heterocycles. The van der Waals surface area contributed by atoms with Gasteiger partial charge in [-0.15, -0.1) is 0 Å². The van der Waals surface area contributed by atoms with Crippen LogP contribution in [0.25, 0.3) is 5.82 Å². The van der Waals surface area contributed by atoms with E-state index in [0.29, 0.717) is 25.1 Å². The van der Waals surface area contributed by atoms with Crippen LogP contribution in [-0.2, 0) is 0 Å². The Hall–Kier alpha value is -2.21. The number of rotatable bonds is 2. The molecule has 0 spiro atoms. The SMILES string of the molecule is O=C(c1ccc(-n2ccnc2)nc1)N1CCCC(O)CC1. The first-order chi connectivity index (χ1) is 10.2. The second-order valence-electron chi connectivity index (χ2n) is 5.25. The molecule has 0 saturated carbocycles. The average Bonchev–Trinajstić information content (AvgIpc) is 2.96. The summed E-state index contributed by atoms with van der Waals surface area (Å²) in [4.78, 5) is 22.5. The monoisotopic (exact) mass is 286 g/mol. The smallest absolute Gasteiger partial charge is 0.255 e. The fraction of sp³-hybridized carbons (Fsp3) is 0.400. The van der Waals surface area contributed by atoms with Gasteiger partial charge in [0.05, 0.1) is 11.7 Å². The Morgan fingerprint density at radius 1 is 1.29 bits per heavy atom. The molecule has 0 aromatic carbocycles. The van der Waals surface area contributed by atoms with E-state index in [1.807, 2.05) is 6.07 Å². The van der Waals surface area contributed by atoms with Crippen LogP contribution >= 0.6 is 0 Å². The highest BCUT2D eigenvalue weighted by Gasteiger charge is 2.20. The first kappa shape index (κ1) is 13.8. The molecule has 1 atom stereocenters. The quantitative estimate of drug-likeness (QED) is 0.902. The van der Waals surface area contributed by atoms with Crippen molar-refractivity contribution < 1.29 is 9.90 Å². The molecular formula is C15H18N4O2. The number of pyridine rings is 1. The van der Waals surface area contributed by atoms with Gasteiger partial charge < -0.3 is 10.0 Å². The Morgan fingerprint density at radius 2 is 2.19 bits per heavy atom. The van der Waals surface area contributed by atoms with E-state index in [9.17, 15) is 9.90 Å². The van der Waals surface area contributed by atoms with E-state index in [2.05, 4.69) is 9.97 Å². The molecule has 1 fully saturated rings. The number of aromatic nitrogens is 3. The molecule has 6 heteroatoms. The van der Waals surface area contributed by atoms with E-state index in [4.69, 9.17) is 0 Å². The van der Waals surface area contributed by atoms with Crippen molar-refractivity contribution in [2.75, 3.05) is 13.1 Å². The summed E-state index contributed by atoms with van der Waals surface area (Å²) in [7, 11) is 0. The van der Waals surface area contributed by atoms with E-state index >= 15 is 0 Å². The Labute approximate surface area is 123 Å². The Balaban J connectivity index is 1.73. The van der Waals surface area contributed by atoms with Crippen LogP contribution in [0.15, 0.2) is 37.1 Å². The first-order valence-electron chi connectivity index (χ1n) is 7.16. The van der Waals surface area contributed by atoms with Crippen LogP contribution < -0.4 is 0 Å². The van der Waals surface area contributed by atoms with E-state index in [-0.39, 0.29) is 12.0 Å². The lowest BCUT2D eigenvalue weighted by Crippen LogP contribution is -2.32. The molecule has 1 aliphatic heterocycles. The lowest BCUT2D eigenvalue weighted by Gasteiger charge is -2.20. The normalized spacial score (nSPS) is 19.3. The molecule has 1 aliphatic rings. The van der Waals surface area contributed by atoms with Crippen molar-refractivity contribution in [3.05, 3.63) is 42.6 Å². The summed E-state index contributed by atoms with van der Waals surface area (Å²) < 4.78 is 1.79. The minimum atomic E-state index is -0.287. The first-order valence-corrected chi connectivity index (χ1v) is 7.16. The second kappa shape index (κ2) is 6.05. The molecule has 6 nitrogen and oxygen atoms in total. The summed E-state index contributed by atoms with van der Waals surface area (Å²) in [5, 5.41) is 9.64. The van der Waals surface area contributed by atoms with Gasteiger partial charge in [0.15, 0.2) is 0 Å². The van der Waals surface area contributed by atoms with Crippen LogP contribution in [0, 0.1) is 0 Å². The van der Waals surface area contributed by atoms with Gasteiger partial charge in [0, 0.05) is 31.7 Å². The minimum absolute atomic E-state index is 0.0196. The van der Waals surface area contributed by atoms with Gasteiger partial charge in [-0.25, -0.2) is 9.97 Å². The van der Waals surface area contributed by atoms with Crippen molar-refractivity contribution in [1.82, 2.24) is 19.4 Å². The van der Waals surface area contributed by atoms with Gasteiger partial charge in [0.25, 0.3) is 5.91 Å². The molecule has 0 aliphatic carbocycles. The van der Waals surface area contributed by atoms with Gasteiger partial charge in [-0.1, -0.05) is 0 Å². The predicted molar refractivity (Wildman–Crippen MR) is 77.1 cm³/mol. The number of carbonyl (C=O) groups excluding carboxylic acids is 1. The predicted octanol–water partition coefficient (Wildman–Crippen LogP) is 1.25. The van der Waals surface area contributed by atoms with Crippen molar-refractivity contribution in [1.29, 1.82) is 0 Å². The molecule has 2 aromatic heterocycles. The number of hydrogen-bond donors (Lipinski definition) is 1. The summed E-state index contributed by atoms with van der Waals surface area (Å²) in [6, 6.07) is 3.59. The number of amides is 1. The van der Waals surface area contributed by atoms with Crippen LogP contribution in [0.5, 0.6) is 0 Å². The van der Waals surface area contributed by atoms with Crippen LogP contribution in [-0.4, -0.2) is 49.6 Å². The highest BCUT2D eigenvalue weighted by Crippen LogP contribution is 2.14. The number of aliphatic hydroxyl groups excluding tert-OH is 1. The number of nitrogens with zero attached hydrogens (tertiary/aromatic N) is 4. The molecular weight excluding hydrogens is 268 g/mol. The van der Waals surface area contributed by atoms with Crippen LogP contribution in [0.2, 0.25) is 0 Å². The highest BCUT2D eigenvalue weighted by molar-refractivity contribution is 5.94. The van der Waals surface area contributed by atoms with E-state index in [1.54, 1.807) is 40.5 Å². The van der Waals surface area contributed by atoms with Gasteiger partial charge in [-0.2, -0.15) is 0 Å². The Morgan fingerprint density at radius 3 is 2.90 bits per heavy atom. The van der Waals surface area contributed by atoms with Crippen molar-refractivity contribution in [2.45, 2.75) is 25.4 Å². The van der Waals surface area contributed by atoms with E-state index in [1.165, 1.54) is 0 Å². The standard InChI is InChI=1S/C15H18N4O2/c20-13-2-1-7-18(8-5-13)15(21)12-3-4-14(17-10-12)19-9-6-16-11-19/h3-4,6,9-11,13,20H,1-2,5,7-8H2. The Bertz CT molecular complexity index is 595. The minimum Gasteiger partial charge on any atom is -0.393 e. The Kier molecular flexibility index (Phi) is 3.96. The third-order valence-corrected chi connectivity index (χ3v) is 3.75. The number of hydrogen-bond acceptors (Lipinski definition) is 4. The summed E-state index contributed by atoms with van der Waals surface area (Å²) in [5.41, 5.74) is 0.579. The third-order valence-electron chi connectivity index (χ3n) is 3.75. The van der Waals surface area contributed by atoms with Crippen molar-refractivity contribution in [3.63, 3.8) is 0 Å². The maximum absolute atomic E-state index is 12.4. The van der Waals surface area contributed by atoms with Gasteiger partial charge in [0.2, 0.25) is 0 Å². The molecule has 21 heavy (non-hydrogen) atoms. The molecule has 1 amide bonds. The maximum Gasteiger partial charge on any atom is 0.255 e. The lowest BCUT2D eigenvalue weighted by atomic mass is 10.2. The summed E-state index contributed by atoms with van der Waals surface area (Å²) in [6.07, 6.45) is 8.72. The van der Waals surface area contributed by atoms with Crippen molar-refractivity contribution >= 4 is 5.91 Å². The zero-order chi connectivity index (χ0) is 14.7. The number of carbonyl (C=O) groups is 1. The fourth-order valence-corrected chi connectivity index (χ4v) is 2.52. The molecule has 1 saturated heterocycles. The summed E-state index contributed by atoms with van der Waals surface area (Å²) in [6.45, 7) is 1.29. The van der Waals surface area contributed by atoms with Crippen molar-refractivity contribution in [3.8, 4) is 5.82 Å². The van der Waals surface area contributed by atoms with E-state index in [0.717, 1.165) is 18.7 Å². The maximum atomic E-state index is 12.4. The number of aliphatic hydroxyl groups is 1. The highest BCUT2D eigenvalue weighted by atomic mass is 16.3. The van der Waals surface area contributed by atoms with Crippen LogP contribution in [0.4, 0.5) is 0 Å². The van der Waals surface area contributed by atoms with Gasteiger partial charge in [-0.3, -0.25) is 9.36 Å². The van der Waals surface area contributed by atoms with Gasteiger partial charge >= 0.3 is 0 Å². The molecule has 1 N–H and O–H groups in total. The van der Waals surface area contributed by atoms with Crippen LogP contribution in [0.3, 0.4) is 0 Å². The zero-order valence-electron chi connectivity index (χ0n) is 11.7. The van der Waals surface area contributed by atoms with E-state index < -0.39 is 0 Å². The third kappa shape index (κ3) is 3.11. The molecule has 110 valence electrons. The van der Waals surface area contributed by atoms with Crippen molar-refractivity contribution in [2.24, 2.45) is 0 Å². The summed E-state index contributed by atoms with van der Waals surface area (Å²) >= 11 is 0. The topological polar surface area (TPSA) is 71.2 Å². The lowest BCUT2D eigenvalue weighted by molar-refractivity contribution is 0.0752. The number of likely N-dealkylation sites (tertiary alicyclic amines) is 1. The molecule has 1 unspecified atom stereocenters. The van der Waals surface area contributed by atoms with Gasteiger partial charge in [0.1, 0.15) is 12.1 Å². The molecule has 3 rings (SSSR count). The number of imidazole rings is 1.